The molecular formula is C16H24O3. The minimum Gasteiger partial charge on any atom is -0.469 e. The van der Waals surface area contributed by atoms with E-state index >= 15 is 0 Å². The van der Waals surface area contributed by atoms with Crippen LogP contribution in [0.15, 0.2) is 24.3 Å². The van der Waals surface area contributed by atoms with Gasteiger partial charge >= 0.3 is 5.97 Å². The summed E-state index contributed by atoms with van der Waals surface area (Å²) in [6.07, 6.45) is 2.62. The number of esters is 1. The molecule has 0 aliphatic rings. The number of aliphatic hydroxyl groups excluding tert-OH is 1. The molecule has 3 heteroatoms. The van der Waals surface area contributed by atoms with E-state index in [0.717, 1.165) is 30.4 Å². The minimum absolute atomic E-state index is 0.327. The summed E-state index contributed by atoms with van der Waals surface area (Å²) in [5.74, 6) is -0.801. The number of methoxy groups -OCH3 is 1. The highest BCUT2D eigenvalue weighted by atomic mass is 16.5. The Bertz CT molecular complexity index is 401. The SMILES string of the molecule is CCCCC(C(=O)OC)C(O)c1ccccc1CC. The van der Waals surface area contributed by atoms with Gasteiger partial charge in [0.25, 0.3) is 0 Å². The fourth-order valence-corrected chi connectivity index (χ4v) is 2.34. The van der Waals surface area contributed by atoms with E-state index in [-0.39, 0.29) is 5.97 Å². The third kappa shape index (κ3) is 4.06. The van der Waals surface area contributed by atoms with Crippen molar-refractivity contribution in [3.8, 4) is 0 Å². The number of carbonyl (C=O) groups is 1. The average Bonchev–Trinajstić information content (AvgIpc) is 2.46. The molecule has 0 bridgehead atoms. The van der Waals surface area contributed by atoms with Gasteiger partial charge in [0.15, 0.2) is 0 Å². The Morgan fingerprint density at radius 1 is 1.32 bits per heavy atom. The molecule has 0 heterocycles. The Balaban J connectivity index is 2.97. The highest BCUT2D eigenvalue weighted by Gasteiger charge is 2.29. The maximum atomic E-state index is 11.9. The van der Waals surface area contributed by atoms with Gasteiger partial charge in [0.1, 0.15) is 0 Å². The summed E-state index contributed by atoms with van der Waals surface area (Å²) in [6, 6.07) is 7.73. The van der Waals surface area contributed by atoms with Crippen molar-refractivity contribution in [2.75, 3.05) is 7.11 Å². The Morgan fingerprint density at radius 3 is 2.58 bits per heavy atom. The fraction of sp³-hybridized carbons (Fsp3) is 0.562. The molecule has 1 rings (SSSR count). The van der Waals surface area contributed by atoms with Crippen LogP contribution in [0.4, 0.5) is 0 Å². The van der Waals surface area contributed by atoms with E-state index in [2.05, 4.69) is 6.92 Å². The van der Waals surface area contributed by atoms with Crippen molar-refractivity contribution in [1.29, 1.82) is 0 Å². The lowest BCUT2D eigenvalue weighted by Gasteiger charge is -2.22. The van der Waals surface area contributed by atoms with E-state index in [1.165, 1.54) is 7.11 Å². The molecule has 3 nitrogen and oxygen atoms in total. The Kier molecular flexibility index (Phi) is 6.57. The second-order valence-electron chi connectivity index (χ2n) is 4.77. The summed E-state index contributed by atoms with van der Waals surface area (Å²) in [5.41, 5.74) is 1.93. The van der Waals surface area contributed by atoms with Crippen LogP contribution in [-0.2, 0) is 16.0 Å². The van der Waals surface area contributed by atoms with Gasteiger partial charge in [-0.05, 0) is 24.0 Å². The van der Waals surface area contributed by atoms with Crippen LogP contribution in [-0.4, -0.2) is 18.2 Å². The number of carbonyl (C=O) groups excluding carboxylic acids is 1. The van der Waals surface area contributed by atoms with Gasteiger partial charge in [0, 0.05) is 0 Å². The van der Waals surface area contributed by atoms with Crippen LogP contribution in [0.1, 0.15) is 50.3 Å². The molecule has 0 spiro atoms. The summed E-state index contributed by atoms with van der Waals surface area (Å²) in [7, 11) is 1.37. The molecule has 106 valence electrons. The number of aliphatic hydroxyl groups is 1. The molecule has 0 saturated heterocycles. The van der Waals surface area contributed by atoms with Crippen molar-refractivity contribution < 1.29 is 14.6 Å². The van der Waals surface area contributed by atoms with Crippen molar-refractivity contribution in [2.24, 2.45) is 5.92 Å². The first-order chi connectivity index (χ1) is 9.15. The van der Waals surface area contributed by atoms with Crippen LogP contribution in [0.5, 0.6) is 0 Å². The van der Waals surface area contributed by atoms with Crippen LogP contribution >= 0.6 is 0 Å². The van der Waals surface area contributed by atoms with Crippen LogP contribution in [0.3, 0.4) is 0 Å². The molecule has 0 aliphatic heterocycles. The van der Waals surface area contributed by atoms with Crippen molar-refractivity contribution in [1.82, 2.24) is 0 Å². The molecule has 2 unspecified atom stereocenters. The molecule has 0 amide bonds. The van der Waals surface area contributed by atoms with Gasteiger partial charge < -0.3 is 9.84 Å². The molecule has 0 aliphatic carbocycles. The largest absolute Gasteiger partial charge is 0.469 e. The lowest BCUT2D eigenvalue weighted by Crippen LogP contribution is -2.24. The van der Waals surface area contributed by atoms with E-state index in [1.807, 2.05) is 31.2 Å². The van der Waals surface area contributed by atoms with E-state index in [4.69, 9.17) is 4.74 Å². The maximum absolute atomic E-state index is 11.9. The number of aryl methyl sites for hydroxylation is 1. The zero-order valence-corrected chi connectivity index (χ0v) is 12.1. The second-order valence-corrected chi connectivity index (χ2v) is 4.77. The predicted octanol–water partition coefficient (Wildman–Crippen LogP) is 3.26. The number of hydrogen-bond donors (Lipinski definition) is 1. The maximum Gasteiger partial charge on any atom is 0.311 e. The van der Waals surface area contributed by atoms with Gasteiger partial charge in [-0.2, -0.15) is 0 Å². The number of unbranched alkanes of at least 4 members (excludes halogenated alkanes) is 1. The molecule has 0 saturated carbocycles. The molecule has 2 atom stereocenters. The van der Waals surface area contributed by atoms with Gasteiger partial charge in [0.2, 0.25) is 0 Å². The highest BCUT2D eigenvalue weighted by Crippen LogP contribution is 2.29. The molecule has 19 heavy (non-hydrogen) atoms. The molecule has 0 radical (unpaired) electrons. The van der Waals surface area contributed by atoms with Gasteiger partial charge in [-0.1, -0.05) is 51.0 Å². The lowest BCUT2D eigenvalue weighted by atomic mass is 9.88. The molecule has 0 aromatic heterocycles. The first-order valence-corrected chi connectivity index (χ1v) is 6.99. The third-order valence-electron chi connectivity index (χ3n) is 3.51. The van der Waals surface area contributed by atoms with Crippen LogP contribution in [0.25, 0.3) is 0 Å². The number of ether oxygens (including phenoxy) is 1. The van der Waals surface area contributed by atoms with Crippen molar-refractivity contribution >= 4 is 5.97 Å². The van der Waals surface area contributed by atoms with Gasteiger partial charge in [-0.15, -0.1) is 0 Å². The quantitative estimate of drug-likeness (QED) is 0.769. The van der Waals surface area contributed by atoms with Crippen LogP contribution in [0.2, 0.25) is 0 Å². The molecule has 1 aromatic rings. The average molecular weight is 264 g/mol. The van der Waals surface area contributed by atoms with Crippen molar-refractivity contribution in [3.63, 3.8) is 0 Å². The van der Waals surface area contributed by atoms with E-state index < -0.39 is 12.0 Å². The predicted molar refractivity (Wildman–Crippen MR) is 75.8 cm³/mol. The lowest BCUT2D eigenvalue weighted by molar-refractivity contribution is -0.150. The summed E-state index contributed by atoms with van der Waals surface area (Å²) >= 11 is 0. The normalized spacial score (nSPS) is 13.9. The second kappa shape index (κ2) is 7.95. The smallest absolute Gasteiger partial charge is 0.311 e. The van der Waals surface area contributed by atoms with Crippen molar-refractivity contribution in [3.05, 3.63) is 35.4 Å². The first kappa shape index (κ1) is 15.7. The standard InChI is InChI=1S/C16H24O3/c1-4-6-10-14(16(18)19-3)15(17)13-11-8-7-9-12(13)5-2/h7-9,11,14-15,17H,4-6,10H2,1-3H3. The van der Waals surface area contributed by atoms with Crippen LogP contribution < -0.4 is 0 Å². The first-order valence-electron chi connectivity index (χ1n) is 6.99. The zero-order chi connectivity index (χ0) is 14.3. The number of benzene rings is 1. The van der Waals surface area contributed by atoms with Gasteiger partial charge in [0.05, 0.1) is 19.1 Å². The van der Waals surface area contributed by atoms with E-state index in [0.29, 0.717) is 6.42 Å². The van der Waals surface area contributed by atoms with Gasteiger partial charge in [-0.3, -0.25) is 4.79 Å². The Morgan fingerprint density at radius 2 is 2.00 bits per heavy atom. The van der Waals surface area contributed by atoms with Gasteiger partial charge in [-0.25, -0.2) is 0 Å². The topological polar surface area (TPSA) is 46.5 Å². The minimum atomic E-state index is -0.782. The number of rotatable bonds is 7. The molecule has 0 fully saturated rings. The van der Waals surface area contributed by atoms with Crippen LogP contribution in [0, 0.1) is 5.92 Å². The Hall–Kier alpha value is -1.35. The highest BCUT2D eigenvalue weighted by molar-refractivity contribution is 5.73. The summed E-state index contributed by atoms with van der Waals surface area (Å²) in [6.45, 7) is 4.12. The molecule has 1 aromatic carbocycles. The fourth-order valence-electron chi connectivity index (χ4n) is 2.34. The Labute approximate surface area is 115 Å². The summed E-state index contributed by atoms with van der Waals surface area (Å²) in [5, 5.41) is 10.5. The van der Waals surface area contributed by atoms with E-state index in [1.54, 1.807) is 0 Å². The summed E-state index contributed by atoms with van der Waals surface area (Å²) in [4.78, 5) is 11.9. The van der Waals surface area contributed by atoms with E-state index in [9.17, 15) is 9.90 Å². The zero-order valence-electron chi connectivity index (χ0n) is 12.1. The van der Waals surface area contributed by atoms with Crippen molar-refractivity contribution in [2.45, 2.75) is 45.6 Å². The monoisotopic (exact) mass is 264 g/mol. The third-order valence-corrected chi connectivity index (χ3v) is 3.51. The number of hydrogen-bond acceptors (Lipinski definition) is 3. The molecular weight excluding hydrogens is 240 g/mol. The summed E-state index contributed by atoms with van der Waals surface area (Å²) < 4.78 is 4.83. The molecule has 1 N–H and O–H groups in total.